The van der Waals surface area contributed by atoms with Gasteiger partial charge in [-0.3, -0.25) is 15.0 Å². The number of carbonyl (C=O) groups is 1. The predicted molar refractivity (Wildman–Crippen MR) is 61.4 cm³/mol. The van der Waals surface area contributed by atoms with E-state index in [2.05, 4.69) is 20.3 Å². The third-order valence-electron chi connectivity index (χ3n) is 2.67. The fourth-order valence-corrected chi connectivity index (χ4v) is 1.59. The van der Waals surface area contributed by atoms with Crippen LogP contribution in [0.25, 0.3) is 0 Å². The van der Waals surface area contributed by atoms with E-state index < -0.39 is 0 Å². The van der Waals surface area contributed by atoms with Gasteiger partial charge in [0.2, 0.25) is 0 Å². The lowest BCUT2D eigenvalue weighted by molar-refractivity contribution is 0.0657. The summed E-state index contributed by atoms with van der Waals surface area (Å²) in [5.74, 6) is -0.300. The van der Waals surface area contributed by atoms with Gasteiger partial charge in [0.1, 0.15) is 5.69 Å². The van der Waals surface area contributed by atoms with Gasteiger partial charge in [0.15, 0.2) is 0 Å². The summed E-state index contributed by atoms with van der Waals surface area (Å²) in [6, 6.07) is 0. The lowest BCUT2D eigenvalue weighted by Gasteiger charge is -2.32. The largest absolute Gasteiger partial charge is 0.325 e. The van der Waals surface area contributed by atoms with E-state index in [0.717, 1.165) is 32.4 Å². The number of likely N-dealkylation sites (N-methyl/N-ethyl adjacent to an activating group) is 1. The molecule has 2 heterocycles. The summed E-state index contributed by atoms with van der Waals surface area (Å²) in [5, 5.41) is 1.86. The molecule has 0 spiro atoms. The molecule has 0 radical (unpaired) electrons. The Morgan fingerprint density at radius 2 is 2.12 bits per heavy atom. The van der Waals surface area contributed by atoms with E-state index in [4.69, 9.17) is 0 Å². The maximum Gasteiger partial charge on any atom is 0.285 e. The standard InChI is InChI=1S/C10H15N5O2/c1-14-2-4-15(5-3-14)13-10(17)8-6-12-9(16)7-11-8/h6-7H,2-5H2,1H3,(H,12,16)(H,13,17). The lowest BCUT2D eigenvalue weighted by Crippen LogP contribution is -2.52. The molecule has 0 aromatic carbocycles. The summed E-state index contributed by atoms with van der Waals surface area (Å²) in [6.45, 7) is 3.40. The number of aromatic nitrogens is 2. The third-order valence-corrected chi connectivity index (χ3v) is 2.67. The van der Waals surface area contributed by atoms with Crippen LogP contribution < -0.4 is 11.0 Å². The number of piperazine rings is 1. The zero-order valence-electron chi connectivity index (χ0n) is 9.64. The number of nitrogens with one attached hydrogen (secondary N) is 2. The van der Waals surface area contributed by atoms with Crippen LogP contribution in [0.4, 0.5) is 0 Å². The van der Waals surface area contributed by atoms with Crippen LogP contribution in [0.2, 0.25) is 0 Å². The van der Waals surface area contributed by atoms with Gasteiger partial charge in [-0.15, -0.1) is 0 Å². The Morgan fingerprint density at radius 3 is 2.71 bits per heavy atom. The van der Waals surface area contributed by atoms with Crippen LogP contribution in [0, 0.1) is 0 Å². The number of aromatic amines is 1. The smallest absolute Gasteiger partial charge is 0.285 e. The summed E-state index contributed by atoms with van der Waals surface area (Å²) in [5.41, 5.74) is 2.65. The molecule has 7 nitrogen and oxygen atoms in total. The second kappa shape index (κ2) is 5.07. The van der Waals surface area contributed by atoms with Gasteiger partial charge >= 0.3 is 0 Å². The van der Waals surface area contributed by atoms with E-state index >= 15 is 0 Å². The average Bonchev–Trinajstić information content (AvgIpc) is 2.33. The third kappa shape index (κ3) is 3.11. The van der Waals surface area contributed by atoms with Gasteiger partial charge in [-0.1, -0.05) is 0 Å². The van der Waals surface area contributed by atoms with E-state index in [-0.39, 0.29) is 17.2 Å². The zero-order chi connectivity index (χ0) is 12.3. The summed E-state index contributed by atoms with van der Waals surface area (Å²) in [4.78, 5) is 30.9. The first-order valence-corrected chi connectivity index (χ1v) is 5.44. The molecule has 0 bridgehead atoms. The Labute approximate surface area is 98.4 Å². The summed E-state index contributed by atoms with van der Waals surface area (Å²) >= 11 is 0. The average molecular weight is 237 g/mol. The van der Waals surface area contributed by atoms with E-state index in [9.17, 15) is 9.59 Å². The number of amides is 1. The highest BCUT2D eigenvalue weighted by Gasteiger charge is 2.16. The molecular formula is C10H15N5O2. The molecular weight excluding hydrogens is 222 g/mol. The van der Waals surface area contributed by atoms with Crippen molar-refractivity contribution >= 4 is 5.91 Å². The molecule has 1 amide bonds. The van der Waals surface area contributed by atoms with Gasteiger partial charge < -0.3 is 9.88 Å². The van der Waals surface area contributed by atoms with Gasteiger partial charge in [-0.25, -0.2) is 9.99 Å². The Kier molecular flexibility index (Phi) is 3.50. The van der Waals surface area contributed by atoms with Crippen LogP contribution in [-0.2, 0) is 0 Å². The number of hydrogen-bond donors (Lipinski definition) is 2. The minimum Gasteiger partial charge on any atom is -0.325 e. The molecule has 0 saturated carbocycles. The maximum absolute atomic E-state index is 11.8. The molecule has 1 aliphatic rings. The quantitative estimate of drug-likeness (QED) is 0.665. The second-order valence-electron chi connectivity index (χ2n) is 4.03. The second-order valence-corrected chi connectivity index (χ2v) is 4.03. The van der Waals surface area contributed by atoms with Crippen molar-refractivity contribution in [3.63, 3.8) is 0 Å². The van der Waals surface area contributed by atoms with Gasteiger partial charge in [0.05, 0.1) is 6.20 Å². The van der Waals surface area contributed by atoms with Crippen LogP contribution in [0.3, 0.4) is 0 Å². The van der Waals surface area contributed by atoms with Gasteiger partial charge in [0, 0.05) is 32.4 Å². The topological polar surface area (TPSA) is 81.3 Å². The molecule has 92 valence electrons. The van der Waals surface area contributed by atoms with Crippen molar-refractivity contribution in [1.82, 2.24) is 25.3 Å². The number of rotatable bonds is 2. The predicted octanol–water partition coefficient (Wildman–Crippen LogP) is -1.34. The highest BCUT2D eigenvalue weighted by molar-refractivity contribution is 5.91. The van der Waals surface area contributed by atoms with E-state index in [1.165, 1.54) is 6.20 Å². The Balaban J connectivity index is 1.93. The summed E-state index contributed by atoms with van der Waals surface area (Å²) in [6.07, 6.45) is 2.41. The molecule has 1 aromatic heterocycles. The van der Waals surface area contributed by atoms with Crippen LogP contribution in [0.5, 0.6) is 0 Å². The van der Waals surface area contributed by atoms with E-state index in [1.807, 2.05) is 12.1 Å². The van der Waals surface area contributed by atoms with E-state index in [1.54, 1.807) is 0 Å². The van der Waals surface area contributed by atoms with Crippen molar-refractivity contribution in [2.24, 2.45) is 0 Å². The summed E-state index contributed by atoms with van der Waals surface area (Å²) in [7, 11) is 2.04. The summed E-state index contributed by atoms with van der Waals surface area (Å²) < 4.78 is 0. The molecule has 1 aromatic rings. The molecule has 0 aliphatic carbocycles. The minimum atomic E-state index is -0.318. The van der Waals surface area contributed by atoms with Crippen LogP contribution in [0.15, 0.2) is 17.2 Å². The van der Waals surface area contributed by atoms with Crippen molar-refractivity contribution in [3.8, 4) is 0 Å². The molecule has 1 fully saturated rings. The van der Waals surface area contributed by atoms with E-state index in [0.29, 0.717) is 0 Å². The maximum atomic E-state index is 11.8. The Morgan fingerprint density at radius 1 is 1.41 bits per heavy atom. The molecule has 2 N–H and O–H groups in total. The number of hydrazine groups is 1. The Hall–Kier alpha value is -1.73. The number of nitrogens with zero attached hydrogens (tertiary/aromatic N) is 3. The van der Waals surface area contributed by atoms with Crippen molar-refractivity contribution in [2.45, 2.75) is 0 Å². The lowest BCUT2D eigenvalue weighted by atomic mass is 10.4. The highest BCUT2D eigenvalue weighted by atomic mass is 16.2. The van der Waals surface area contributed by atoms with Gasteiger partial charge in [-0.2, -0.15) is 0 Å². The van der Waals surface area contributed by atoms with Crippen molar-refractivity contribution < 1.29 is 4.79 Å². The Bertz CT molecular complexity index is 430. The fraction of sp³-hybridized carbons (Fsp3) is 0.500. The monoisotopic (exact) mass is 237 g/mol. The highest BCUT2D eigenvalue weighted by Crippen LogP contribution is 1.97. The molecule has 17 heavy (non-hydrogen) atoms. The van der Waals surface area contributed by atoms with Gasteiger partial charge in [0.25, 0.3) is 11.5 Å². The molecule has 2 rings (SSSR count). The van der Waals surface area contributed by atoms with Crippen LogP contribution >= 0.6 is 0 Å². The first-order chi connectivity index (χ1) is 8.15. The van der Waals surface area contributed by atoms with Gasteiger partial charge in [-0.05, 0) is 7.05 Å². The fourth-order valence-electron chi connectivity index (χ4n) is 1.59. The number of H-pyrrole nitrogens is 1. The minimum absolute atomic E-state index is 0.212. The van der Waals surface area contributed by atoms with Crippen molar-refractivity contribution in [1.29, 1.82) is 0 Å². The normalized spacial score (nSPS) is 17.9. The van der Waals surface area contributed by atoms with Crippen LogP contribution in [0.1, 0.15) is 10.5 Å². The molecule has 1 aliphatic heterocycles. The first kappa shape index (κ1) is 11.7. The molecule has 7 heteroatoms. The first-order valence-electron chi connectivity index (χ1n) is 5.44. The molecule has 0 unspecified atom stereocenters. The molecule has 1 saturated heterocycles. The van der Waals surface area contributed by atoms with Crippen LogP contribution in [-0.4, -0.2) is 59.0 Å². The SMILES string of the molecule is CN1CCN(NC(=O)c2c[nH]c(=O)cn2)CC1. The zero-order valence-corrected chi connectivity index (χ0v) is 9.64. The van der Waals surface area contributed by atoms with Crippen molar-refractivity contribution in [2.75, 3.05) is 33.2 Å². The van der Waals surface area contributed by atoms with Crippen molar-refractivity contribution in [3.05, 3.63) is 28.4 Å². The molecule has 0 atom stereocenters. The number of hydrogen-bond acceptors (Lipinski definition) is 5. The number of carbonyl (C=O) groups excluding carboxylic acids is 1.